The summed E-state index contributed by atoms with van der Waals surface area (Å²) in [5, 5.41) is 4.34. The predicted octanol–water partition coefficient (Wildman–Crippen LogP) is 3.34. The van der Waals surface area contributed by atoms with Gasteiger partial charge < -0.3 is 9.74 Å². The zero-order valence-electron chi connectivity index (χ0n) is 15.8. The van der Waals surface area contributed by atoms with Gasteiger partial charge in [0.25, 0.3) is 0 Å². The van der Waals surface area contributed by atoms with Gasteiger partial charge in [0.05, 0.1) is 5.71 Å². The van der Waals surface area contributed by atoms with Crippen molar-refractivity contribution < 1.29 is 4.84 Å². The summed E-state index contributed by atoms with van der Waals surface area (Å²) in [7, 11) is 0. The second kappa shape index (κ2) is 9.34. The lowest BCUT2D eigenvalue weighted by atomic mass is 10.1. The predicted molar refractivity (Wildman–Crippen MR) is 107 cm³/mol. The molecule has 1 aliphatic heterocycles. The minimum Gasteiger partial charge on any atom is -0.396 e. The molecule has 5 heteroatoms. The van der Waals surface area contributed by atoms with Crippen LogP contribution in [0.2, 0.25) is 0 Å². The fourth-order valence-electron chi connectivity index (χ4n) is 3.27. The van der Waals surface area contributed by atoms with Crippen LogP contribution in [0, 0.1) is 6.92 Å². The van der Waals surface area contributed by atoms with Crippen LogP contribution in [0.1, 0.15) is 24.5 Å². The Hall–Kier alpha value is -2.40. The van der Waals surface area contributed by atoms with Gasteiger partial charge in [0.2, 0.25) is 0 Å². The first-order valence-electron chi connectivity index (χ1n) is 9.41. The number of oxime groups is 1. The number of rotatable bonds is 7. The van der Waals surface area contributed by atoms with Crippen LogP contribution in [0.15, 0.2) is 53.8 Å². The van der Waals surface area contributed by atoms with Gasteiger partial charge in [-0.3, -0.25) is 4.90 Å². The van der Waals surface area contributed by atoms with E-state index in [0.717, 1.165) is 56.2 Å². The van der Waals surface area contributed by atoms with Gasteiger partial charge in [0.1, 0.15) is 12.4 Å². The molecule has 1 aromatic heterocycles. The van der Waals surface area contributed by atoms with Crippen molar-refractivity contribution in [2.75, 3.05) is 44.2 Å². The molecule has 0 spiro atoms. The van der Waals surface area contributed by atoms with Crippen LogP contribution in [0.25, 0.3) is 0 Å². The minimum atomic E-state index is 0.596. The summed E-state index contributed by atoms with van der Waals surface area (Å²) in [6, 6.07) is 14.4. The maximum absolute atomic E-state index is 5.33. The quantitative estimate of drug-likeness (QED) is 0.566. The number of anilines is 1. The summed E-state index contributed by atoms with van der Waals surface area (Å²) in [5.41, 5.74) is 3.41. The smallest absolute Gasteiger partial charge is 0.131 e. The molecule has 1 aromatic carbocycles. The number of pyridine rings is 1. The Labute approximate surface area is 156 Å². The summed E-state index contributed by atoms with van der Waals surface area (Å²) in [6.45, 7) is 9.81. The van der Waals surface area contributed by atoms with E-state index in [0.29, 0.717) is 6.61 Å². The van der Waals surface area contributed by atoms with E-state index in [1.54, 1.807) is 0 Å². The number of hydrogen-bond acceptors (Lipinski definition) is 5. The van der Waals surface area contributed by atoms with Crippen LogP contribution in [-0.4, -0.2) is 54.9 Å². The fourth-order valence-corrected chi connectivity index (χ4v) is 3.27. The van der Waals surface area contributed by atoms with Crippen LogP contribution in [0.3, 0.4) is 0 Å². The molecular weight excluding hydrogens is 324 g/mol. The van der Waals surface area contributed by atoms with Gasteiger partial charge >= 0.3 is 0 Å². The highest BCUT2D eigenvalue weighted by molar-refractivity contribution is 6.00. The molecule has 0 unspecified atom stereocenters. The van der Waals surface area contributed by atoms with Gasteiger partial charge in [-0.15, -0.1) is 0 Å². The van der Waals surface area contributed by atoms with Gasteiger partial charge in [-0.2, -0.15) is 0 Å². The number of benzene rings is 1. The van der Waals surface area contributed by atoms with Crippen molar-refractivity contribution in [3.63, 3.8) is 0 Å². The zero-order chi connectivity index (χ0) is 18.2. The van der Waals surface area contributed by atoms with Crippen LogP contribution < -0.4 is 4.90 Å². The molecule has 2 heterocycles. The molecule has 0 amide bonds. The van der Waals surface area contributed by atoms with Crippen molar-refractivity contribution in [3.8, 4) is 0 Å². The van der Waals surface area contributed by atoms with Gasteiger partial charge in [-0.05, 0) is 31.0 Å². The Morgan fingerprint density at radius 3 is 2.54 bits per heavy atom. The monoisotopic (exact) mass is 352 g/mol. The SMILES string of the molecule is CCO/N=C(\CCN1CCN(c2ncccc2C)CC1)c1ccccc1. The van der Waals surface area contributed by atoms with E-state index in [9.17, 15) is 0 Å². The number of aryl methyl sites for hydroxylation is 1. The lowest BCUT2D eigenvalue weighted by molar-refractivity contribution is 0.157. The van der Waals surface area contributed by atoms with Crippen molar-refractivity contribution in [1.29, 1.82) is 0 Å². The summed E-state index contributed by atoms with van der Waals surface area (Å²) in [6.07, 6.45) is 2.78. The molecule has 138 valence electrons. The summed E-state index contributed by atoms with van der Waals surface area (Å²) in [5.74, 6) is 1.12. The van der Waals surface area contributed by atoms with Crippen molar-refractivity contribution in [3.05, 3.63) is 59.8 Å². The molecule has 0 atom stereocenters. The minimum absolute atomic E-state index is 0.596. The first-order valence-corrected chi connectivity index (χ1v) is 9.41. The standard InChI is InChI=1S/C21H28N4O/c1-3-26-23-20(19-9-5-4-6-10-19)11-13-24-14-16-25(17-15-24)21-18(2)8-7-12-22-21/h4-10,12H,3,11,13-17H2,1-2H3/b23-20+. The molecule has 2 aromatic rings. The lowest BCUT2D eigenvalue weighted by Crippen LogP contribution is -2.47. The lowest BCUT2D eigenvalue weighted by Gasteiger charge is -2.36. The largest absolute Gasteiger partial charge is 0.396 e. The average Bonchev–Trinajstić information content (AvgIpc) is 2.70. The summed E-state index contributed by atoms with van der Waals surface area (Å²) in [4.78, 5) is 14.8. The summed E-state index contributed by atoms with van der Waals surface area (Å²) < 4.78 is 0. The van der Waals surface area contributed by atoms with Crippen LogP contribution in [0.5, 0.6) is 0 Å². The Kier molecular flexibility index (Phi) is 6.61. The Morgan fingerprint density at radius 1 is 1.08 bits per heavy atom. The Bertz CT molecular complexity index is 709. The molecule has 1 aliphatic rings. The highest BCUT2D eigenvalue weighted by Crippen LogP contribution is 2.18. The molecule has 1 saturated heterocycles. The van der Waals surface area contributed by atoms with Crippen LogP contribution in [0.4, 0.5) is 5.82 Å². The second-order valence-corrected chi connectivity index (χ2v) is 6.54. The third-order valence-electron chi connectivity index (χ3n) is 4.73. The first kappa shape index (κ1) is 18.4. The molecule has 0 radical (unpaired) electrons. The highest BCUT2D eigenvalue weighted by atomic mass is 16.6. The Morgan fingerprint density at radius 2 is 1.85 bits per heavy atom. The molecule has 0 saturated carbocycles. The van der Waals surface area contributed by atoms with E-state index in [2.05, 4.69) is 45.1 Å². The number of nitrogens with zero attached hydrogens (tertiary/aromatic N) is 4. The van der Waals surface area contributed by atoms with E-state index in [1.165, 1.54) is 5.56 Å². The zero-order valence-corrected chi connectivity index (χ0v) is 15.8. The maximum Gasteiger partial charge on any atom is 0.131 e. The van der Waals surface area contributed by atoms with Crippen LogP contribution >= 0.6 is 0 Å². The average molecular weight is 352 g/mol. The molecule has 0 N–H and O–H groups in total. The van der Waals surface area contributed by atoms with Gasteiger partial charge in [0, 0.05) is 45.3 Å². The van der Waals surface area contributed by atoms with Crippen molar-refractivity contribution in [1.82, 2.24) is 9.88 Å². The van der Waals surface area contributed by atoms with Crippen molar-refractivity contribution in [2.45, 2.75) is 20.3 Å². The molecule has 3 rings (SSSR count). The molecule has 0 aliphatic carbocycles. The highest BCUT2D eigenvalue weighted by Gasteiger charge is 2.19. The topological polar surface area (TPSA) is 41.0 Å². The molecule has 0 bridgehead atoms. The van der Waals surface area contributed by atoms with E-state index >= 15 is 0 Å². The second-order valence-electron chi connectivity index (χ2n) is 6.54. The Balaban J connectivity index is 1.54. The summed E-state index contributed by atoms with van der Waals surface area (Å²) >= 11 is 0. The van der Waals surface area contributed by atoms with E-state index in [-0.39, 0.29) is 0 Å². The third-order valence-corrected chi connectivity index (χ3v) is 4.73. The van der Waals surface area contributed by atoms with Crippen molar-refractivity contribution >= 4 is 11.5 Å². The number of hydrogen-bond donors (Lipinski definition) is 0. The van der Waals surface area contributed by atoms with Crippen LogP contribution in [-0.2, 0) is 4.84 Å². The van der Waals surface area contributed by atoms with Gasteiger partial charge in [-0.1, -0.05) is 41.6 Å². The van der Waals surface area contributed by atoms with Gasteiger partial charge in [-0.25, -0.2) is 4.98 Å². The number of piperazine rings is 1. The molecule has 5 nitrogen and oxygen atoms in total. The fraction of sp³-hybridized carbons (Fsp3) is 0.429. The molecule has 26 heavy (non-hydrogen) atoms. The van der Waals surface area contributed by atoms with Gasteiger partial charge in [0.15, 0.2) is 0 Å². The normalized spacial score (nSPS) is 15.9. The number of aromatic nitrogens is 1. The third kappa shape index (κ3) is 4.82. The van der Waals surface area contributed by atoms with Crippen molar-refractivity contribution in [2.24, 2.45) is 5.16 Å². The molecular formula is C21H28N4O. The maximum atomic E-state index is 5.33. The van der Waals surface area contributed by atoms with E-state index in [1.807, 2.05) is 37.4 Å². The van der Waals surface area contributed by atoms with E-state index in [4.69, 9.17) is 4.84 Å². The van der Waals surface area contributed by atoms with E-state index < -0.39 is 0 Å². The first-order chi connectivity index (χ1) is 12.8. The molecule has 1 fully saturated rings.